The Morgan fingerprint density at radius 1 is 1.03 bits per heavy atom. The topological polar surface area (TPSA) is 65.5 Å². The number of anilines is 1. The van der Waals surface area contributed by atoms with Gasteiger partial charge in [0.25, 0.3) is 5.91 Å². The number of carbonyl (C=O) groups is 1. The van der Waals surface area contributed by atoms with Gasteiger partial charge in [-0.25, -0.2) is 0 Å². The van der Waals surface area contributed by atoms with Crippen LogP contribution in [0.25, 0.3) is 0 Å². The van der Waals surface area contributed by atoms with Crippen molar-refractivity contribution >= 4 is 18.7 Å². The monoisotopic (exact) mass is 487 g/mol. The highest BCUT2D eigenvalue weighted by Crippen LogP contribution is 2.41. The Balaban J connectivity index is 1.55. The van der Waals surface area contributed by atoms with E-state index in [1.807, 2.05) is 31.2 Å². The molecule has 2 aliphatic heterocycles. The quantitative estimate of drug-likeness (QED) is 0.561. The van der Waals surface area contributed by atoms with Crippen molar-refractivity contribution in [3.05, 3.63) is 29.8 Å². The van der Waals surface area contributed by atoms with Crippen LogP contribution in [0, 0.1) is 0 Å². The lowest BCUT2D eigenvalue weighted by Gasteiger charge is -2.41. The molecule has 1 unspecified atom stereocenters. The molecule has 1 aromatic rings. The molecule has 35 heavy (non-hydrogen) atoms. The summed E-state index contributed by atoms with van der Waals surface area (Å²) in [5.74, 6) is 0.207. The van der Waals surface area contributed by atoms with Crippen LogP contribution < -0.4 is 4.90 Å². The summed E-state index contributed by atoms with van der Waals surface area (Å²) in [6, 6.07) is 8.04. The fourth-order valence-electron chi connectivity index (χ4n) is 5.16. The lowest BCUT2D eigenvalue weighted by atomic mass is 9.68. The van der Waals surface area contributed by atoms with Gasteiger partial charge in [-0.1, -0.05) is 13.8 Å². The molecule has 2 heterocycles. The average Bonchev–Trinajstić information content (AvgIpc) is 3.04. The molecule has 3 rings (SSSR count). The van der Waals surface area contributed by atoms with Gasteiger partial charge in [-0.3, -0.25) is 9.69 Å². The molecule has 1 aromatic carbocycles. The van der Waals surface area contributed by atoms with Gasteiger partial charge in [0, 0.05) is 56.3 Å². The first kappa shape index (κ1) is 28.0. The standard InChI is InChI=1S/C27H46BN3O4/c1-10-24(21(4)32)29(9)25(33)22-11-13-23(14-12-22)31-17-15-30(16-18-31)20(3)19(2)28-34-26(5,6)27(7,8)35-28/h11-14,19-21,24,32H,10,15-18H2,1-9H3/t19?,20-,21-,24-/m0/s1. The lowest BCUT2D eigenvalue weighted by molar-refractivity contribution is 0.00578. The first-order valence-corrected chi connectivity index (χ1v) is 13.2. The fourth-order valence-corrected chi connectivity index (χ4v) is 5.16. The molecule has 0 aliphatic carbocycles. The molecular formula is C27H46BN3O4. The zero-order chi connectivity index (χ0) is 26.1. The third-order valence-corrected chi connectivity index (χ3v) is 8.62. The van der Waals surface area contributed by atoms with Gasteiger partial charge in [-0.15, -0.1) is 0 Å². The molecule has 196 valence electrons. The van der Waals surface area contributed by atoms with E-state index in [2.05, 4.69) is 51.3 Å². The second kappa shape index (κ2) is 10.8. The van der Waals surface area contributed by atoms with Gasteiger partial charge in [-0.05, 0) is 72.2 Å². The van der Waals surface area contributed by atoms with Crippen LogP contribution in [-0.2, 0) is 9.31 Å². The van der Waals surface area contributed by atoms with E-state index in [9.17, 15) is 9.90 Å². The number of benzene rings is 1. The molecule has 1 amide bonds. The minimum absolute atomic E-state index is 0.0559. The SMILES string of the molecule is CC[C@@H]([C@H](C)O)N(C)C(=O)c1ccc(N2CCN([C@@H](C)C(C)B3OC(C)(C)C(C)(C)O3)CC2)cc1. The zero-order valence-corrected chi connectivity index (χ0v) is 23.2. The van der Waals surface area contributed by atoms with Crippen molar-refractivity contribution in [1.82, 2.24) is 9.80 Å². The van der Waals surface area contributed by atoms with Gasteiger partial charge in [0.1, 0.15) is 0 Å². The Morgan fingerprint density at radius 3 is 2.00 bits per heavy atom. The molecule has 0 radical (unpaired) electrons. The van der Waals surface area contributed by atoms with Crippen molar-refractivity contribution in [2.24, 2.45) is 0 Å². The predicted molar refractivity (Wildman–Crippen MR) is 143 cm³/mol. The van der Waals surface area contributed by atoms with Gasteiger partial charge in [0.15, 0.2) is 0 Å². The highest BCUT2D eigenvalue weighted by atomic mass is 16.7. The van der Waals surface area contributed by atoms with Crippen molar-refractivity contribution in [3.63, 3.8) is 0 Å². The fraction of sp³-hybridized carbons (Fsp3) is 0.741. The van der Waals surface area contributed by atoms with E-state index in [1.54, 1.807) is 18.9 Å². The summed E-state index contributed by atoms with van der Waals surface area (Å²) < 4.78 is 12.6. The third-order valence-electron chi connectivity index (χ3n) is 8.62. The minimum Gasteiger partial charge on any atom is -0.403 e. The Bertz CT molecular complexity index is 836. The maximum atomic E-state index is 12.9. The molecule has 8 heteroatoms. The average molecular weight is 487 g/mol. The van der Waals surface area contributed by atoms with Crippen molar-refractivity contribution < 1.29 is 19.2 Å². The molecule has 4 atom stereocenters. The Morgan fingerprint density at radius 2 is 1.54 bits per heavy atom. The highest BCUT2D eigenvalue weighted by molar-refractivity contribution is 6.47. The van der Waals surface area contributed by atoms with Crippen LogP contribution in [0.3, 0.4) is 0 Å². The Hall–Kier alpha value is -1.61. The molecule has 0 aromatic heterocycles. The molecule has 2 aliphatic rings. The number of hydrogen-bond donors (Lipinski definition) is 1. The molecule has 0 spiro atoms. The van der Waals surface area contributed by atoms with Gasteiger partial charge in [0.05, 0.1) is 23.3 Å². The zero-order valence-electron chi connectivity index (χ0n) is 23.2. The lowest BCUT2D eigenvalue weighted by Crippen LogP contribution is -2.52. The number of aliphatic hydroxyl groups is 1. The van der Waals surface area contributed by atoms with Gasteiger partial charge < -0.3 is 24.2 Å². The van der Waals surface area contributed by atoms with Crippen LogP contribution in [-0.4, -0.2) is 90.5 Å². The predicted octanol–water partition coefficient (Wildman–Crippen LogP) is 3.91. The van der Waals surface area contributed by atoms with E-state index in [4.69, 9.17) is 9.31 Å². The number of carbonyl (C=O) groups excluding carboxylic acids is 1. The molecule has 7 nitrogen and oxygen atoms in total. The maximum Gasteiger partial charge on any atom is 0.462 e. The number of nitrogens with zero attached hydrogens (tertiary/aromatic N) is 3. The van der Waals surface area contributed by atoms with Crippen molar-refractivity contribution in [2.45, 2.75) is 97.0 Å². The van der Waals surface area contributed by atoms with Gasteiger partial charge in [0.2, 0.25) is 0 Å². The third kappa shape index (κ3) is 5.87. The number of aliphatic hydroxyl groups excluding tert-OH is 1. The van der Waals surface area contributed by atoms with Gasteiger partial charge >= 0.3 is 7.12 Å². The number of likely N-dealkylation sites (N-methyl/N-ethyl adjacent to an activating group) is 1. The van der Waals surface area contributed by atoms with E-state index >= 15 is 0 Å². The summed E-state index contributed by atoms with van der Waals surface area (Å²) in [5, 5.41) is 9.98. The smallest absolute Gasteiger partial charge is 0.403 e. The van der Waals surface area contributed by atoms with E-state index in [1.165, 1.54) is 0 Å². The van der Waals surface area contributed by atoms with Crippen molar-refractivity contribution in [2.75, 3.05) is 38.1 Å². The number of piperazine rings is 1. The summed E-state index contributed by atoms with van der Waals surface area (Å²) in [4.78, 5) is 19.4. The van der Waals surface area contributed by atoms with Crippen LogP contribution in [0.2, 0.25) is 5.82 Å². The number of rotatable bonds is 8. The molecule has 2 fully saturated rings. The van der Waals surface area contributed by atoms with Crippen LogP contribution in [0.4, 0.5) is 5.69 Å². The van der Waals surface area contributed by atoms with Crippen LogP contribution in [0.1, 0.15) is 72.2 Å². The Labute approximate surface area is 212 Å². The van der Waals surface area contributed by atoms with Crippen LogP contribution in [0.5, 0.6) is 0 Å². The first-order chi connectivity index (χ1) is 16.3. The van der Waals surface area contributed by atoms with E-state index in [0.717, 1.165) is 31.9 Å². The summed E-state index contributed by atoms with van der Waals surface area (Å²) in [7, 11) is 1.57. The molecular weight excluding hydrogens is 441 g/mol. The molecule has 0 bridgehead atoms. The summed E-state index contributed by atoms with van der Waals surface area (Å²) in [6.07, 6.45) is 0.160. The molecule has 2 saturated heterocycles. The normalized spacial score (nSPS) is 23.6. The van der Waals surface area contributed by atoms with Crippen LogP contribution in [0.15, 0.2) is 24.3 Å². The molecule has 1 N–H and O–H groups in total. The van der Waals surface area contributed by atoms with Crippen molar-refractivity contribution in [3.8, 4) is 0 Å². The summed E-state index contributed by atoms with van der Waals surface area (Å²) in [5.41, 5.74) is 1.18. The Kier molecular flexibility index (Phi) is 8.63. The maximum absolute atomic E-state index is 12.9. The molecule has 0 saturated carbocycles. The van der Waals surface area contributed by atoms with E-state index < -0.39 is 6.10 Å². The van der Waals surface area contributed by atoms with Crippen molar-refractivity contribution in [1.29, 1.82) is 0 Å². The second-order valence-electron chi connectivity index (χ2n) is 11.4. The van der Waals surface area contributed by atoms with E-state index in [0.29, 0.717) is 18.0 Å². The highest BCUT2D eigenvalue weighted by Gasteiger charge is 2.54. The summed E-state index contributed by atoms with van der Waals surface area (Å²) in [6.45, 7) is 20.5. The van der Waals surface area contributed by atoms with Gasteiger partial charge in [-0.2, -0.15) is 0 Å². The number of amides is 1. The minimum atomic E-state index is -0.556. The number of hydrogen-bond acceptors (Lipinski definition) is 6. The second-order valence-corrected chi connectivity index (χ2v) is 11.4. The van der Waals surface area contributed by atoms with Crippen LogP contribution >= 0.6 is 0 Å². The largest absolute Gasteiger partial charge is 0.462 e. The first-order valence-electron chi connectivity index (χ1n) is 13.2. The summed E-state index contributed by atoms with van der Waals surface area (Å²) >= 11 is 0. The van der Waals surface area contributed by atoms with E-state index in [-0.39, 0.29) is 36.1 Å².